The topological polar surface area (TPSA) is 84.3 Å². The Hall–Kier alpha value is -1.69. The molecule has 6 nitrogen and oxygen atoms in total. The van der Waals surface area contributed by atoms with Gasteiger partial charge < -0.3 is 15.2 Å². The summed E-state index contributed by atoms with van der Waals surface area (Å²) in [7, 11) is 1.50. The van der Waals surface area contributed by atoms with Crippen molar-refractivity contribution in [2.75, 3.05) is 7.11 Å². The van der Waals surface area contributed by atoms with Gasteiger partial charge in [-0.2, -0.15) is 0 Å². The molecule has 0 unspecified atom stereocenters. The number of rotatable bonds is 7. The van der Waals surface area contributed by atoms with E-state index >= 15 is 0 Å². The first-order valence-corrected chi connectivity index (χ1v) is 5.84. The Morgan fingerprint density at radius 3 is 2.50 bits per heavy atom. The lowest BCUT2D eigenvalue weighted by Crippen LogP contribution is -2.37. The number of carbonyl (C=O) groups is 1. The van der Waals surface area contributed by atoms with Crippen LogP contribution in [-0.4, -0.2) is 34.2 Å². The molecule has 0 aliphatic carbocycles. The summed E-state index contributed by atoms with van der Waals surface area (Å²) in [6.07, 6.45) is 3.83. The molecule has 1 atom stereocenters. The molecule has 0 saturated heterocycles. The van der Waals surface area contributed by atoms with Crippen LogP contribution in [-0.2, 0) is 11.3 Å². The van der Waals surface area contributed by atoms with Crippen LogP contribution in [0, 0.1) is 5.92 Å². The van der Waals surface area contributed by atoms with Crippen molar-refractivity contribution in [1.29, 1.82) is 0 Å². The van der Waals surface area contributed by atoms with Gasteiger partial charge in [0.15, 0.2) is 0 Å². The fraction of sp³-hybridized carbons (Fsp3) is 0.583. The van der Waals surface area contributed by atoms with Gasteiger partial charge in [-0.3, -0.25) is 4.79 Å². The lowest BCUT2D eigenvalue weighted by molar-refractivity contribution is -0.140. The summed E-state index contributed by atoms with van der Waals surface area (Å²) in [5, 5.41) is 12.1. The fourth-order valence-corrected chi connectivity index (χ4v) is 1.52. The SMILES string of the molecule is COc1ncc(CN[C@H](CC(C)C)C(=O)O)cn1. The van der Waals surface area contributed by atoms with E-state index in [1.807, 2.05) is 13.8 Å². The van der Waals surface area contributed by atoms with Crippen LogP contribution in [0.4, 0.5) is 0 Å². The Morgan fingerprint density at radius 1 is 1.44 bits per heavy atom. The number of aliphatic carboxylic acids is 1. The van der Waals surface area contributed by atoms with E-state index in [0.29, 0.717) is 24.9 Å². The van der Waals surface area contributed by atoms with Crippen LogP contribution in [0.5, 0.6) is 6.01 Å². The van der Waals surface area contributed by atoms with Gasteiger partial charge in [-0.05, 0) is 12.3 Å². The van der Waals surface area contributed by atoms with Gasteiger partial charge >= 0.3 is 12.0 Å². The van der Waals surface area contributed by atoms with E-state index in [0.717, 1.165) is 5.56 Å². The van der Waals surface area contributed by atoms with E-state index in [4.69, 9.17) is 9.84 Å². The van der Waals surface area contributed by atoms with Crippen LogP contribution in [0.2, 0.25) is 0 Å². The number of aromatic nitrogens is 2. The number of nitrogens with zero attached hydrogens (tertiary/aromatic N) is 2. The molecule has 100 valence electrons. The van der Waals surface area contributed by atoms with Crippen molar-refractivity contribution in [3.05, 3.63) is 18.0 Å². The summed E-state index contributed by atoms with van der Waals surface area (Å²) < 4.78 is 4.85. The molecule has 0 bridgehead atoms. The second kappa shape index (κ2) is 6.90. The smallest absolute Gasteiger partial charge is 0.320 e. The zero-order chi connectivity index (χ0) is 13.5. The summed E-state index contributed by atoms with van der Waals surface area (Å²) in [4.78, 5) is 19.0. The lowest BCUT2D eigenvalue weighted by Gasteiger charge is -2.16. The highest BCUT2D eigenvalue weighted by Gasteiger charge is 2.17. The van der Waals surface area contributed by atoms with Crippen molar-refractivity contribution in [2.24, 2.45) is 5.92 Å². The first-order valence-electron chi connectivity index (χ1n) is 5.84. The number of carboxylic acids is 1. The van der Waals surface area contributed by atoms with E-state index in [9.17, 15) is 4.79 Å². The van der Waals surface area contributed by atoms with E-state index < -0.39 is 12.0 Å². The average molecular weight is 253 g/mol. The highest BCUT2D eigenvalue weighted by molar-refractivity contribution is 5.73. The molecule has 0 amide bonds. The van der Waals surface area contributed by atoms with Crippen LogP contribution < -0.4 is 10.1 Å². The van der Waals surface area contributed by atoms with Crippen molar-refractivity contribution in [2.45, 2.75) is 32.9 Å². The normalized spacial score (nSPS) is 12.4. The third-order valence-electron chi connectivity index (χ3n) is 2.42. The minimum absolute atomic E-state index is 0.302. The lowest BCUT2D eigenvalue weighted by atomic mass is 10.0. The molecule has 18 heavy (non-hydrogen) atoms. The molecular formula is C12H19N3O3. The monoisotopic (exact) mass is 253 g/mol. The molecule has 1 aromatic rings. The third kappa shape index (κ3) is 4.67. The zero-order valence-corrected chi connectivity index (χ0v) is 10.9. The molecular weight excluding hydrogens is 234 g/mol. The Bertz CT molecular complexity index is 379. The molecule has 1 aromatic heterocycles. The van der Waals surface area contributed by atoms with E-state index in [1.54, 1.807) is 12.4 Å². The predicted octanol–water partition coefficient (Wildman–Crippen LogP) is 1.07. The average Bonchev–Trinajstić information content (AvgIpc) is 2.34. The molecule has 6 heteroatoms. The molecule has 1 rings (SSSR count). The van der Waals surface area contributed by atoms with Crippen molar-refractivity contribution in [3.8, 4) is 6.01 Å². The van der Waals surface area contributed by atoms with Crippen LogP contribution in [0.15, 0.2) is 12.4 Å². The number of nitrogens with one attached hydrogen (secondary N) is 1. The van der Waals surface area contributed by atoms with Crippen molar-refractivity contribution in [1.82, 2.24) is 15.3 Å². The maximum absolute atomic E-state index is 11.0. The van der Waals surface area contributed by atoms with E-state index in [1.165, 1.54) is 7.11 Å². The third-order valence-corrected chi connectivity index (χ3v) is 2.42. The largest absolute Gasteiger partial charge is 0.480 e. The van der Waals surface area contributed by atoms with Crippen molar-refractivity contribution < 1.29 is 14.6 Å². The number of carboxylic acid groups (broad SMARTS) is 1. The number of hydrogen-bond donors (Lipinski definition) is 2. The standard InChI is InChI=1S/C12H19N3O3/c1-8(2)4-10(11(16)17)13-5-9-6-14-12(18-3)15-7-9/h6-8,10,13H,4-5H2,1-3H3,(H,16,17)/t10-/m1/s1. The van der Waals surface area contributed by atoms with Gasteiger partial charge in [0.2, 0.25) is 0 Å². The predicted molar refractivity (Wildman–Crippen MR) is 66.3 cm³/mol. The molecule has 0 radical (unpaired) electrons. The van der Waals surface area contributed by atoms with Gasteiger partial charge in [0.05, 0.1) is 7.11 Å². The minimum atomic E-state index is -0.835. The summed E-state index contributed by atoms with van der Waals surface area (Å²) in [6, 6.07) is -0.247. The number of ether oxygens (including phenoxy) is 1. The van der Waals surface area contributed by atoms with E-state index in [2.05, 4.69) is 15.3 Å². The van der Waals surface area contributed by atoms with Crippen LogP contribution in [0.25, 0.3) is 0 Å². The van der Waals surface area contributed by atoms with Crippen molar-refractivity contribution in [3.63, 3.8) is 0 Å². The number of hydrogen-bond acceptors (Lipinski definition) is 5. The Morgan fingerprint density at radius 2 is 2.06 bits per heavy atom. The molecule has 0 aliphatic heterocycles. The Kier molecular flexibility index (Phi) is 5.51. The first kappa shape index (κ1) is 14.4. The number of methoxy groups -OCH3 is 1. The molecule has 0 saturated carbocycles. The maximum Gasteiger partial charge on any atom is 0.320 e. The fourth-order valence-electron chi connectivity index (χ4n) is 1.52. The Labute approximate surface area is 106 Å². The molecule has 0 aliphatic rings. The zero-order valence-electron chi connectivity index (χ0n) is 10.9. The van der Waals surface area contributed by atoms with Crippen molar-refractivity contribution >= 4 is 5.97 Å². The van der Waals surface area contributed by atoms with Gasteiger partial charge in [-0.25, -0.2) is 9.97 Å². The van der Waals surface area contributed by atoms with Gasteiger partial charge in [0.25, 0.3) is 0 Å². The van der Waals surface area contributed by atoms with Crippen LogP contribution >= 0.6 is 0 Å². The summed E-state index contributed by atoms with van der Waals surface area (Å²) >= 11 is 0. The van der Waals surface area contributed by atoms with Gasteiger partial charge in [-0.15, -0.1) is 0 Å². The molecule has 2 N–H and O–H groups in total. The summed E-state index contributed by atoms with van der Waals surface area (Å²) in [5.41, 5.74) is 0.825. The van der Waals surface area contributed by atoms with Gasteiger partial charge in [0, 0.05) is 24.5 Å². The highest BCUT2D eigenvalue weighted by Crippen LogP contribution is 2.07. The quantitative estimate of drug-likeness (QED) is 0.756. The molecule has 0 spiro atoms. The van der Waals surface area contributed by atoms with Crippen LogP contribution in [0.1, 0.15) is 25.8 Å². The van der Waals surface area contributed by atoms with Gasteiger partial charge in [0.1, 0.15) is 6.04 Å². The first-order chi connectivity index (χ1) is 8.52. The highest BCUT2D eigenvalue weighted by atomic mass is 16.5. The molecule has 0 fully saturated rings. The summed E-state index contributed by atoms with van der Waals surface area (Å²) in [6.45, 7) is 4.41. The van der Waals surface area contributed by atoms with E-state index in [-0.39, 0.29) is 0 Å². The minimum Gasteiger partial charge on any atom is -0.480 e. The maximum atomic E-state index is 11.0. The second-order valence-electron chi connectivity index (χ2n) is 4.48. The molecule has 0 aromatic carbocycles. The van der Waals surface area contributed by atoms with Crippen LogP contribution in [0.3, 0.4) is 0 Å². The van der Waals surface area contributed by atoms with Gasteiger partial charge in [-0.1, -0.05) is 13.8 Å². The Balaban J connectivity index is 2.52. The summed E-state index contributed by atoms with van der Waals surface area (Å²) in [5.74, 6) is -0.510. The second-order valence-corrected chi connectivity index (χ2v) is 4.48. The molecule has 1 heterocycles.